The van der Waals surface area contributed by atoms with E-state index in [1.807, 2.05) is 0 Å². The van der Waals surface area contributed by atoms with Crippen LogP contribution < -0.4 is 11.1 Å². The number of rotatable bonds is 5. The van der Waals surface area contributed by atoms with Crippen molar-refractivity contribution in [2.45, 2.75) is 76.7 Å². The third kappa shape index (κ3) is 4.87. The van der Waals surface area contributed by atoms with Crippen molar-refractivity contribution in [3.05, 3.63) is 0 Å². The van der Waals surface area contributed by atoms with Crippen LogP contribution in [0.2, 0.25) is 0 Å². The molecule has 2 aliphatic rings. The highest BCUT2D eigenvalue weighted by Crippen LogP contribution is 2.28. The predicted molar refractivity (Wildman–Crippen MR) is 77.7 cm³/mol. The Hall–Kier alpha value is -0.730. The van der Waals surface area contributed by atoms with Crippen LogP contribution in [0.15, 0.2) is 4.99 Å². The molecule has 0 saturated heterocycles. The summed E-state index contributed by atoms with van der Waals surface area (Å²) in [6.45, 7) is 0.905. The Balaban J connectivity index is 1.56. The van der Waals surface area contributed by atoms with Crippen molar-refractivity contribution < 1.29 is 0 Å². The minimum absolute atomic E-state index is 0.581. The van der Waals surface area contributed by atoms with E-state index in [9.17, 15) is 0 Å². The minimum atomic E-state index is 0.581. The number of nitrogens with zero attached hydrogens (tertiary/aromatic N) is 1. The van der Waals surface area contributed by atoms with E-state index in [0.717, 1.165) is 12.5 Å². The highest BCUT2D eigenvalue weighted by molar-refractivity contribution is 5.78. The van der Waals surface area contributed by atoms with Crippen molar-refractivity contribution >= 4 is 5.96 Å². The summed E-state index contributed by atoms with van der Waals surface area (Å²) in [7, 11) is 0. The highest BCUT2D eigenvalue weighted by Gasteiger charge is 2.14. The lowest BCUT2D eigenvalue weighted by Crippen LogP contribution is -2.41. The molecule has 2 aliphatic carbocycles. The van der Waals surface area contributed by atoms with E-state index in [0.29, 0.717) is 12.0 Å². The molecule has 0 bridgehead atoms. The van der Waals surface area contributed by atoms with Crippen LogP contribution in [0.5, 0.6) is 0 Å². The average molecular weight is 251 g/mol. The lowest BCUT2D eigenvalue weighted by Gasteiger charge is -2.23. The summed E-state index contributed by atoms with van der Waals surface area (Å²) in [6, 6.07) is 0.581. The van der Waals surface area contributed by atoms with Gasteiger partial charge in [0, 0.05) is 12.6 Å². The van der Waals surface area contributed by atoms with Crippen molar-refractivity contribution in [3.63, 3.8) is 0 Å². The lowest BCUT2D eigenvalue weighted by molar-refractivity contribution is 0.412. The Morgan fingerprint density at radius 1 is 1.00 bits per heavy atom. The topological polar surface area (TPSA) is 50.4 Å². The van der Waals surface area contributed by atoms with Gasteiger partial charge in [0.15, 0.2) is 5.96 Å². The molecule has 0 aromatic rings. The van der Waals surface area contributed by atoms with Crippen LogP contribution in [0.25, 0.3) is 0 Å². The molecule has 0 aliphatic heterocycles. The number of aliphatic imine (C=N–C) groups is 1. The van der Waals surface area contributed by atoms with Crippen molar-refractivity contribution in [2.75, 3.05) is 6.54 Å². The zero-order valence-corrected chi connectivity index (χ0v) is 11.7. The predicted octanol–water partition coefficient (Wildman–Crippen LogP) is 3.19. The third-order valence-corrected chi connectivity index (χ3v) is 4.48. The Morgan fingerprint density at radius 3 is 2.39 bits per heavy atom. The van der Waals surface area contributed by atoms with Crippen LogP contribution in [0.3, 0.4) is 0 Å². The van der Waals surface area contributed by atoms with Gasteiger partial charge >= 0.3 is 0 Å². The van der Waals surface area contributed by atoms with Gasteiger partial charge in [-0.3, -0.25) is 4.99 Å². The molecule has 0 radical (unpaired) electrons. The number of hydrogen-bond acceptors (Lipinski definition) is 1. The van der Waals surface area contributed by atoms with Crippen LogP contribution in [0.1, 0.15) is 70.6 Å². The van der Waals surface area contributed by atoms with Gasteiger partial charge in [0.2, 0.25) is 0 Å². The summed E-state index contributed by atoms with van der Waals surface area (Å²) in [4.78, 5) is 4.46. The Kier molecular flexibility index (Phi) is 5.82. The minimum Gasteiger partial charge on any atom is -0.370 e. The molecule has 0 unspecified atom stereocenters. The second-order valence-electron chi connectivity index (χ2n) is 6.04. The monoisotopic (exact) mass is 251 g/mol. The summed E-state index contributed by atoms with van der Waals surface area (Å²) in [6.07, 6.45) is 14.9. The molecule has 0 aromatic heterocycles. The molecule has 0 heterocycles. The molecule has 104 valence electrons. The van der Waals surface area contributed by atoms with Gasteiger partial charge in [0.1, 0.15) is 0 Å². The van der Waals surface area contributed by atoms with E-state index in [4.69, 9.17) is 5.73 Å². The Bertz CT molecular complexity index is 250. The van der Waals surface area contributed by atoms with Gasteiger partial charge in [0.25, 0.3) is 0 Å². The van der Waals surface area contributed by atoms with Crippen molar-refractivity contribution in [1.82, 2.24) is 5.32 Å². The fourth-order valence-corrected chi connectivity index (χ4v) is 3.38. The van der Waals surface area contributed by atoms with Gasteiger partial charge in [0.05, 0.1) is 0 Å². The van der Waals surface area contributed by atoms with Gasteiger partial charge < -0.3 is 11.1 Å². The summed E-state index contributed by atoms with van der Waals surface area (Å²) < 4.78 is 0. The molecule has 0 atom stereocenters. The lowest BCUT2D eigenvalue weighted by atomic mass is 9.96. The number of nitrogens with two attached hydrogens (primary N) is 1. The number of nitrogens with one attached hydrogen (secondary N) is 1. The van der Waals surface area contributed by atoms with Gasteiger partial charge in [-0.05, 0) is 31.6 Å². The first-order valence-electron chi connectivity index (χ1n) is 7.91. The van der Waals surface area contributed by atoms with Crippen LogP contribution in [0.4, 0.5) is 0 Å². The molecule has 18 heavy (non-hydrogen) atoms. The fraction of sp³-hybridized carbons (Fsp3) is 0.933. The molecule has 3 nitrogen and oxygen atoms in total. The largest absolute Gasteiger partial charge is 0.370 e. The van der Waals surface area contributed by atoms with E-state index < -0.39 is 0 Å². The molecule has 2 saturated carbocycles. The highest BCUT2D eigenvalue weighted by atomic mass is 15.1. The van der Waals surface area contributed by atoms with Gasteiger partial charge in [-0.1, -0.05) is 44.9 Å². The smallest absolute Gasteiger partial charge is 0.188 e. The third-order valence-electron chi connectivity index (χ3n) is 4.48. The summed E-state index contributed by atoms with van der Waals surface area (Å²) >= 11 is 0. The standard InChI is InChI=1S/C15H29N3/c16-15(18-14-10-2-1-3-11-14)17-12-6-9-13-7-4-5-8-13/h13-14H,1-12H2,(H3,16,17,18). The molecular weight excluding hydrogens is 222 g/mol. The molecule has 3 heteroatoms. The summed E-state index contributed by atoms with van der Waals surface area (Å²) in [5.41, 5.74) is 5.94. The quantitative estimate of drug-likeness (QED) is 0.448. The van der Waals surface area contributed by atoms with Gasteiger partial charge in [-0.25, -0.2) is 0 Å². The maximum Gasteiger partial charge on any atom is 0.188 e. The first-order valence-corrected chi connectivity index (χ1v) is 7.91. The second kappa shape index (κ2) is 7.65. The van der Waals surface area contributed by atoms with E-state index >= 15 is 0 Å². The SMILES string of the molecule is NC(=NCCCC1CCCC1)NC1CCCCC1. The number of hydrogen-bond donors (Lipinski definition) is 2. The Labute approximate surface area is 112 Å². The van der Waals surface area contributed by atoms with Crippen molar-refractivity contribution in [2.24, 2.45) is 16.6 Å². The van der Waals surface area contributed by atoms with Gasteiger partial charge in [-0.2, -0.15) is 0 Å². The average Bonchev–Trinajstić information content (AvgIpc) is 2.89. The van der Waals surface area contributed by atoms with Crippen LogP contribution in [0, 0.1) is 5.92 Å². The second-order valence-corrected chi connectivity index (χ2v) is 6.04. The normalized spacial score (nSPS) is 23.4. The molecule has 3 N–H and O–H groups in total. The fourth-order valence-electron chi connectivity index (χ4n) is 3.38. The zero-order chi connectivity index (χ0) is 12.6. The van der Waals surface area contributed by atoms with Gasteiger partial charge in [-0.15, -0.1) is 0 Å². The maximum atomic E-state index is 5.94. The maximum absolute atomic E-state index is 5.94. The molecular formula is C15H29N3. The summed E-state index contributed by atoms with van der Waals surface area (Å²) in [5, 5.41) is 3.38. The first kappa shape index (κ1) is 13.7. The van der Waals surface area contributed by atoms with E-state index in [1.165, 1.54) is 70.6 Å². The molecule has 0 aromatic carbocycles. The van der Waals surface area contributed by atoms with E-state index in [-0.39, 0.29) is 0 Å². The number of guanidine groups is 1. The molecule has 2 rings (SSSR count). The molecule has 0 amide bonds. The van der Waals surface area contributed by atoms with Crippen LogP contribution >= 0.6 is 0 Å². The molecule has 2 fully saturated rings. The van der Waals surface area contributed by atoms with Crippen molar-refractivity contribution in [1.29, 1.82) is 0 Å². The van der Waals surface area contributed by atoms with Crippen LogP contribution in [-0.2, 0) is 0 Å². The van der Waals surface area contributed by atoms with E-state index in [1.54, 1.807) is 0 Å². The Morgan fingerprint density at radius 2 is 1.67 bits per heavy atom. The van der Waals surface area contributed by atoms with Crippen LogP contribution in [-0.4, -0.2) is 18.5 Å². The summed E-state index contributed by atoms with van der Waals surface area (Å²) in [5.74, 6) is 1.65. The van der Waals surface area contributed by atoms with Crippen molar-refractivity contribution in [3.8, 4) is 0 Å². The molecule has 0 spiro atoms. The zero-order valence-electron chi connectivity index (χ0n) is 11.7. The van der Waals surface area contributed by atoms with E-state index in [2.05, 4.69) is 10.3 Å². The first-order chi connectivity index (χ1) is 8.84.